The third kappa shape index (κ3) is 3.55. The van der Waals surface area contributed by atoms with E-state index in [1.807, 2.05) is 0 Å². The molecule has 3 aromatic carbocycles. The first-order chi connectivity index (χ1) is 15.2. The molecule has 2 aromatic heterocycles. The predicted molar refractivity (Wildman–Crippen MR) is 137 cm³/mol. The van der Waals surface area contributed by atoms with Gasteiger partial charge in [0.05, 0.1) is 16.0 Å². The second kappa shape index (κ2) is 7.43. The van der Waals surface area contributed by atoms with E-state index in [1.54, 1.807) is 17.5 Å². The number of hydrogen-bond acceptors (Lipinski definition) is 3. The van der Waals surface area contributed by atoms with Gasteiger partial charge in [0.25, 0.3) is 0 Å². The molecule has 0 aliphatic heterocycles. The molecule has 0 saturated carbocycles. The Hall–Kier alpha value is -3.22. The zero-order valence-electron chi connectivity index (χ0n) is 19.2. The van der Waals surface area contributed by atoms with Crippen LogP contribution in [0.5, 0.6) is 0 Å². The van der Waals surface area contributed by atoms with Crippen molar-refractivity contribution in [3.63, 3.8) is 0 Å². The quantitative estimate of drug-likeness (QED) is 0.280. The topological polar surface area (TPSA) is 36.7 Å². The summed E-state index contributed by atoms with van der Waals surface area (Å²) in [4.78, 5) is 4.75. The number of aromatic nitrogens is 1. The summed E-state index contributed by atoms with van der Waals surface area (Å²) in [6.45, 7) is 11.1. The summed E-state index contributed by atoms with van der Waals surface area (Å²) < 4.78 is 2.32. The normalized spacial score (nSPS) is 12.0. The molecular formula is C29H26N2S. The number of rotatable bonds is 2. The summed E-state index contributed by atoms with van der Waals surface area (Å²) in [5.74, 6) is 0. The minimum atomic E-state index is 0.254. The smallest absolute Gasteiger partial charge is 0.101 e. The van der Waals surface area contributed by atoms with Crippen molar-refractivity contribution in [3.05, 3.63) is 77.0 Å². The van der Waals surface area contributed by atoms with Gasteiger partial charge in [0.15, 0.2) is 0 Å². The first-order valence-corrected chi connectivity index (χ1v) is 11.8. The fourth-order valence-corrected chi connectivity index (χ4v) is 6.11. The van der Waals surface area contributed by atoms with Crippen molar-refractivity contribution in [2.24, 2.45) is 5.41 Å². The number of thiophene rings is 1. The van der Waals surface area contributed by atoms with E-state index in [1.165, 1.54) is 32.2 Å². The first-order valence-electron chi connectivity index (χ1n) is 11.0. The summed E-state index contributed by atoms with van der Waals surface area (Å²) in [7, 11) is 0. The number of pyridine rings is 1. The van der Waals surface area contributed by atoms with Crippen LogP contribution in [-0.4, -0.2) is 4.98 Å². The lowest BCUT2D eigenvalue weighted by molar-refractivity contribution is 0.411. The van der Waals surface area contributed by atoms with Crippen molar-refractivity contribution < 1.29 is 0 Å². The predicted octanol–water partition coefficient (Wildman–Crippen LogP) is 8.35. The Bertz CT molecular complexity index is 1540. The van der Waals surface area contributed by atoms with E-state index in [0.29, 0.717) is 5.56 Å². The van der Waals surface area contributed by atoms with Crippen molar-refractivity contribution in [1.82, 2.24) is 4.98 Å². The molecule has 3 heteroatoms. The van der Waals surface area contributed by atoms with Gasteiger partial charge in [0, 0.05) is 27.2 Å². The second-order valence-corrected chi connectivity index (χ2v) is 11.1. The van der Waals surface area contributed by atoms with Crippen molar-refractivity contribution in [3.8, 4) is 17.3 Å². The SMILES string of the molecule is Cc1cc(C)cc(-c2ncc(C#N)c3c2sc2c4ccc(CC(C)(C)C)cc4ccc23)c1. The molecule has 0 N–H and O–H groups in total. The zero-order chi connectivity index (χ0) is 22.6. The van der Waals surface area contributed by atoms with Gasteiger partial charge in [-0.05, 0) is 54.2 Å². The number of nitriles is 1. The van der Waals surface area contributed by atoms with Gasteiger partial charge in [0.1, 0.15) is 6.07 Å². The van der Waals surface area contributed by atoms with Crippen molar-refractivity contribution >= 4 is 42.3 Å². The molecular weight excluding hydrogens is 408 g/mol. The Labute approximate surface area is 193 Å². The highest BCUT2D eigenvalue weighted by Gasteiger charge is 2.18. The lowest BCUT2D eigenvalue weighted by Gasteiger charge is -2.18. The van der Waals surface area contributed by atoms with Crippen molar-refractivity contribution in [2.45, 2.75) is 41.0 Å². The van der Waals surface area contributed by atoms with Crippen LogP contribution in [0, 0.1) is 30.6 Å². The molecule has 0 fully saturated rings. The second-order valence-electron chi connectivity index (χ2n) is 10.1. The average Bonchev–Trinajstić information content (AvgIpc) is 3.11. The minimum absolute atomic E-state index is 0.254. The van der Waals surface area contributed by atoms with Crippen molar-refractivity contribution in [2.75, 3.05) is 0 Å². The van der Waals surface area contributed by atoms with E-state index in [-0.39, 0.29) is 5.41 Å². The molecule has 0 atom stereocenters. The molecule has 2 nitrogen and oxygen atoms in total. The molecule has 32 heavy (non-hydrogen) atoms. The van der Waals surface area contributed by atoms with Crippen LogP contribution in [0.4, 0.5) is 0 Å². The fraction of sp³-hybridized carbons (Fsp3) is 0.241. The fourth-order valence-electron chi connectivity index (χ4n) is 4.74. The summed E-state index contributed by atoms with van der Waals surface area (Å²) in [6.07, 6.45) is 2.78. The van der Waals surface area contributed by atoms with Gasteiger partial charge in [-0.1, -0.05) is 68.3 Å². The lowest BCUT2D eigenvalue weighted by Crippen LogP contribution is -2.08. The first kappa shape index (κ1) is 20.7. The Balaban J connectivity index is 1.81. The van der Waals surface area contributed by atoms with Crippen LogP contribution in [0.3, 0.4) is 0 Å². The van der Waals surface area contributed by atoms with E-state index < -0.39 is 0 Å². The summed E-state index contributed by atoms with van der Waals surface area (Å²) in [5, 5.41) is 14.5. The summed E-state index contributed by atoms with van der Waals surface area (Å²) in [6, 6.07) is 20.1. The van der Waals surface area contributed by atoms with Gasteiger partial charge in [0.2, 0.25) is 0 Å². The van der Waals surface area contributed by atoms with Crippen LogP contribution in [-0.2, 0) is 6.42 Å². The molecule has 0 bridgehead atoms. The largest absolute Gasteiger partial charge is 0.253 e. The van der Waals surface area contributed by atoms with Crippen LogP contribution in [0.25, 0.3) is 42.2 Å². The third-order valence-corrected chi connectivity index (χ3v) is 7.14. The Kier molecular flexibility index (Phi) is 4.80. The van der Waals surface area contributed by atoms with Crippen LogP contribution in [0.15, 0.2) is 54.7 Å². The standard InChI is InChI=1S/C29H26N2S/c1-17-10-18(2)12-21(11-17)26-28-25(22(15-30)16-31-26)24-9-7-20-13-19(14-29(3,4)5)6-8-23(20)27(24)32-28/h6-13,16H,14H2,1-5H3. The molecule has 5 rings (SSSR count). The minimum Gasteiger partial charge on any atom is -0.253 e. The maximum atomic E-state index is 9.84. The summed E-state index contributed by atoms with van der Waals surface area (Å²) in [5.41, 5.74) is 6.77. The number of fused-ring (bicyclic) bond motifs is 5. The summed E-state index contributed by atoms with van der Waals surface area (Å²) >= 11 is 1.76. The van der Waals surface area contributed by atoms with E-state index in [0.717, 1.165) is 33.2 Å². The van der Waals surface area contributed by atoms with Gasteiger partial charge in [-0.2, -0.15) is 5.26 Å². The molecule has 158 valence electrons. The molecule has 0 spiro atoms. The molecule has 0 unspecified atom stereocenters. The zero-order valence-corrected chi connectivity index (χ0v) is 20.0. The van der Waals surface area contributed by atoms with Crippen LogP contribution >= 0.6 is 11.3 Å². The van der Waals surface area contributed by atoms with E-state index in [4.69, 9.17) is 4.98 Å². The van der Waals surface area contributed by atoms with E-state index >= 15 is 0 Å². The van der Waals surface area contributed by atoms with Crippen LogP contribution in [0.1, 0.15) is 43.0 Å². The Morgan fingerprint density at radius 2 is 1.62 bits per heavy atom. The highest BCUT2D eigenvalue weighted by atomic mass is 32.1. The number of benzene rings is 3. The monoisotopic (exact) mass is 434 g/mol. The molecule has 5 aromatic rings. The molecule has 0 saturated heterocycles. The highest BCUT2D eigenvalue weighted by molar-refractivity contribution is 7.27. The Morgan fingerprint density at radius 1 is 0.906 bits per heavy atom. The van der Waals surface area contributed by atoms with Gasteiger partial charge in [-0.3, -0.25) is 4.98 Å². The molecule has 0 aliphatic rings. The van der Waals surface area contributed by atoms with E-state index in [9.17, 15) is 5.26 Å². The van der Waals surface area contributed by atoms with E-state index in [2.05, 4.69) is 89.2 Å². The molecule has 2 heterocycles. The van der Waals surface area contributed by atoms with Gasteiger partial charge >= 0.3 is 0 Å². The third-order valence-electron chi connectivity index (χ3n) is 5.89. The number of aryl methyl sites for hydroxylation is 2. The average molecular weight is 435 g/mol. The maximum Gasteiger partial charge on any atom is 0.101 e. The van der Waals surface area contributed by atoms with Crippen LogP contribution < -0.4 is 0 Å². The lowest BCUT2D eigenvalue weighted by atomic mass is 9.87. The van der Waals surface area contributed by atoms with Gasteiger partial charge < -0.3 is 0 Å². The van der Waals surface area contributed by atoms with Gasteiger partial charge in [-0.25, -0.2) is 0 Å². The number of nitrogens with zero attached hydrogens (tertiary/aromatic N) is 2. The molecule has 0 radical (unpaired) electrons. The van der Waals surface area contributed by atoms with Crippen molar-refractivity contribution in [1.29, 1.82) is 5.26 Å². The Morgan fingerprint density at radius 3 is 2.31 bits per heavy atom. The highest BCUT2D eigenvalue weighted by Crippen LogP contribution is 2.43. The molecule has 0 aliphatic carbocycles. The molecule has 0 amide bonds. The maximum absolute atomic E-state index is 9.84. The van der Waals surface area contributed by atoms with Gasteiger partial charge in [-0.15, -0.1) is 11.3 Å². The van der Waals surface area contributed by atoms with Crippen LogP contribution in [0.2, 0.25) is 0 Å². The number of hydrogen-bond donors (Lipinski definition) is 0.